The van der Waals surface area contributed by atoms with Gasteiger partial charge in [-0.25, -0.2) is 4.98 Å². The van der Waals surface area contributed by atoms with Gasteiger partial charge in [0.2, 0.25) is 0 Å². The van der Waals surface area contributed by atoms with Gasteiger partial charge >= 0.3 is 0 Å². The number of likely N-dealkylation sites (tertiary alicyclic amines) is 1. The lowest BCUT2D eigenvalue weighted by Crippen LogP contribution is -2.39. The fourth-order valence-corrected chi connectivity index (χ4v) is 3.31. The molecule has 0 radical (unpaired) electrons. The molecule has 4 heterocycles. The largest absolute Gasteiger partial charge is 0.460 e. The van der Waals surface area contributed by atoms with Crippen LogP contribution in [0.4, 0.5) is 0 Å². The Bertz CT molecular complexity index is 986. The van der Waals surface area contributed by atoms with E-state index in [1.54, 1.807) is 11.0 Å². The average Bonchev–Trinajstić information content (AvgIpc) is 3.30. The van der Waals surface area contributed by atoms with Crippen LogP contribution in [-0.4, -0.2) is 44.1 Å². The lowest BCUT2D eigenvalue weighted by atomic mass is 9.94. The normalized spacial score (nSPS) is 17.4. The standard InChI is InChI=1S/C18H19N5O3/c1-11-4-5-16(26-11)14-7-15(22-21-14)18(25)23-6-2-3-12(9-23)13-8-17(24)20-10-19-13/h4-5,7-8,10,12H,2-3,6,9H2,1H3,(H,21,22)(H,19,20,24)/t12-/m1/s1. The zero-order valence-corrected chi connectivity index (χ0v) is 14.4. The third-order valence-electron chi connectivity index (χ3n) is 4.63. The van der Waals surface area contributed by atoms with Crippen LogP contribution >= 0.6 is 0 Å². The number of nitrogens with zero attached hydrogens (tertiary/aromatic N) is 3. The first-order valence-corrected chi connectivity index (χ1v) is 8.56. The van der Waals surface area contributed by atoms with E-state index in [-0.39, 0.29) is 17.4 Å². The highest BCUT2D eigenvalue weighted by Crippen LogP contribution is 2.26. The molecule has 0 aromatic carbocycles. The molecule has 1 amide bonds. The minimum absolute atomic E-state index is 0.0566. The van der Waals surface area contributed by atoms with Gasteiger partial charge in [0.05, 0.1) is 12.0 Å². The molecule has 3 aromatic rings. The first-order valence-electron chi connectivity index (χ1n) is 8.56. The van der Waals surface area contributed by atoms with E-state index in [4.69, 9.17) is 4.42 Å². The van der Waals surface area contributed by atoms with Gasteiger partial charge in [-0.1, -0.05) is 0 Å². The number of aromatic amines is 2. The van der Waals surface area contributed by atoms with Gasteiger partial charge in [0.1, 0.15) is 11.5 Å². The Morgan fingerprint density at radius 1 is 1.35 bits per heavy atom. The number of hydrogen-bond acceptors (Lipinski definition) is 5. The summed E-state index contributed by atoms with van der Waals surface area (Å²) in [7, 11) is 0. The Morgan fingerprint density at radius 3 is 3.00 bits per heavy atom. The van der Waals surface area contributed by atoms with Crippen molar-refractivity contribution in [2.24, 2.45) is 0 Å². The van der Waals surface area contributed by atoms with Crippen molar-refractivity contribution in [1.82, 2.24) is 25.1 Å². The Hall–Kier alpha value is -3.16. The van der Waals surface area contributed by atoms with Gasteiger partial charge in [0, 0.05) is 31.1 Å². The predicted molar refractivity (Wildman–Crippen MR) is 93.8 cm³/mol. The summed E-state index contributed by atoms with van der Waals surface area (Å²) in [5.41, 5.74) is 1.57. The summed E-state index contributed by atoms with van der Waals surface area (Å²) >= 11 is 0. The van der Waals surface area contributed by atoms with E-state index in [0.717, 1.165) is 24.3 Å². The predicted octanol–water partition coefficient (Wildman–Crippen LogP) is 2.08. The smallest absolute Gasteiger partial charge is 0.274 e. The monoisotopic (exact) mass is 353 g/mol. The van der Waals surface area contributed by atoms with E-state index in [2.05, 4.69) is 20.2 Å². The molecule has 1 atom stereocenters. The molecule has 0 bridgehead atoms. The van der Waals surface area contributed by atoms with Crippen molar-refractivity contribution in [1.29, 1.82) is 0 Å². The molecule has 1 fully saturated rings. The van der Waals surface area contributed by atoms with Crippen molar-refractivity contribution in [3.05, 3.63) is 58.1 Å². The molecule has 1 aliphatic rings. The van der Waals surface area contributed by atoms with Crippen LogP contribution in [0.1, 0.15) is 40.7 Å². The van der Waals surface area contributed by atoms with Gasteiger partial charge in [-0.05, 0) is 31.9 Å². The summed E-state index contributed by atoms with van der Waals surface area (Å²) in [5.74, 6) is 1.37. The molecule has 4 rings (SSSR count). The molecule has 0 saturated carbocycles. The summed E-state index contributed by atoms with van der Waals surface area (Å²) in [5, 5.41) is 7.00. The van der Waals surface area contributed by atoms with Crippen LogP contribution < -0.4 is 5.56 Å². The average molecular weight is 353 g/mol. The maximum absolute atomic E-state index is 12.8. The molecule has 134 valence electrons. The number of furan rings is 1. The fraction of sp³-hybridized carbons (Fsp3) is 0.333. The fourth-order valence-electron chi connectivity index (χ4n) is 3.31. The van der Waals surface area contributed by atoms with Crippen LogP contribution in [0, 0.1) is 6.92 Å². The van der Waals surface area contributed by atoms with Gasteiger partial charge in [0.15, 0.2) is 11.5 Å². The molecule has 8 nitrogen and oxygen atoms in total. The number of carbonyl (C=O) groups excluding carboxylic acids is 1. The first-order chi connectivity index (χ1) is 12.6. The van der Waals surface area contributed by atoms with Crippen molar-refractivity contribution in [3.63, 3.8) is 0 Å². The molecular formula is C18H19N5O3. The molecule has 1 saturated heterocycles. The highest BCUT2D eigenvalue weighted by molar-refractivity contribution is 5.93. The minimum atomic E-state index is -0.177. The van der Waals surface area contributed by atoms with Gasteiger partial charge in [-0.3, -0.25) is 14.7 Å². The lowest BCUT2D eigenvalue weighted by molar-refractivity contribution is 0.0700. The number of piperidine rings is 1. The molecule has 26 heavy (non-hydrogen) atoms. The van der Waals surface area contributed by atoms with Gasteiger partial charge in [0.25, 0.3) is 11.5 Å². The van der Waals surface area contributed by atoms with E-state index >= 15 is 0 Å². The number of H-pyrrole nitrogens is 2. The van der Waals surface area contributed by atoms with Crippen LogP contribution in [0.5, 0.6) is 0 Å². The Morgan fingerprint density at radius 2 is 2.23 bits per heavy atom. The van der Waals surface area contributed by atoms with Crippen molar-refractivity contribution < 1.29 is 9.21 Å². The van der Waals surface area contributed by atoms with E-state index in [9.17, 15) is 9.59 Å². The summed E-state index contributed by atoms with van der Waals surface area (Å²) in [6.07, 6.45) is 3.17. The quantitative estimate of drug-likeness (QED) is 0.749. The molecule has 2 N–H and O–H groups in total. The molecule has 0 unspecified atom stereocenters. The second-order valence-electron chi connectivity index (χ2n) is 6.50. The number of aryl methyl sites for hydroxylation is 1. The van der Waals surface area contributed by atoms with Gasteiger partial charge in [-0.2, -0.15) is 5.10 Å². The highest BCUT2D eigenvalue weighted by Gasteiger charge is 2.28. The van der Waals surface area contributed by atoms with Crippen molar-refractivity contribution >= 4 is 5.91 Å². The molecule has 1 aliphatic heterocycles. The lowest BCUT2D eigenvalue weighted by Gasteiger charge is -2.31. The number of nitrogens with one attached hydrogen (secondary N) is 2. The van der Waals surface area contributed by atoms with E-state index in [1.807, 2.05) is 19.1 Å². The third-order valence-corrected chi connectivity index (χ3v) is 4.63. The summed E-state index contributed by atoms with van der Waals surface area (Å²) in [6.45, 7) is 3.06. The van der Waals surface area contributed by atoms with E-state index in [0.29, 0.717) is 30.2 Å². The van der Waals surface area contributed by atoms with Crippen LogP contribution in [-0.2, 0) is 0 Å². The summed E-state index contributed by atoms with van der Waals surface area (Å²) < 4.78 is 5.56. The number of hydrogen-bond donors (Lipinski definition) is 2. The van der Waals surface area contributed by atoms with Crippen molar-refractivity contribution in [2.75, 3.05) is 13.1 Å². The molecule has 3 aromatic heterocycles. The summed E-state index contributed by atoms with van der Waals surface area (Å²) in [4.78, 5) is 32.9. The molecule has 8 heteroatoms. The van der Waals surface area contributed by atoms with Crippen LogP contribution in [0.15, 0.2) is 39.8 Å². The SMILES string of the molecule is Cc1ccc(-c2cc(C(=O)N3CCC[C@@H](c4cc(=O)[nH]cn4)C3)n[nH]2)o1. The van der Waals surface area contributed by atoms with Crippen molar-refractivity contribution in [2.45, 2.75) is 25.7 Å². The van der Waals surface area contributed by atoms with Crippen LogP contribution in [0.2, 0.25) is 0 Å². The van der Waals surface area contributed by atoms with Gasteiger partial charge in [-0.15, -0.1) is 0 Å². The maximum atomic E-state index is 12.8. The maximum Gasteiger partial charge on any atom is 0.274 e. The first kappa shape index (κ1) is 16.3. The number of aromatic nitrogens is 4. The molecule has 0 spiro atoms. The Kier molecular flexibility index (Phi) is 4.16. The van der Waals surface area contributed by atoms with Crippen LogP contribution in [0.3, 0.4) is 0 Å². The topological polar surface area (TPSA) is 108 Å². The summed E-state index contributed by atoms with van der Waals surface area (Å²) in [6, 6.07) is 6.91. The van der Waals surface area contributed by atoms with Crippen molar-refractivity contribution in [3.8, 4) is 11.5 Å². The highest BCUT2D eigenvalue weighted by atomic mass is 16.3. The third kappa shape index (κ3) is 3.17. The Labute approximate surface area is 149 Å². The number of rotatable bonds is 3. The molecular weight excluding hydrogens is 334 g/mol. The van der Waals surface area contributed by atoms with E-state index in [1.165, 1.54) is 12.4 Å². The van der Waals surface area contributed by atoms with E-state index < -0.39 is 0 Å². The number of amides is 1. The second kappa shape index (κ2) is 6.62. The Balaban J connectivity index is 1.51. The second-order valence-corrected chi connectivity index (χ2v) is 6.50. The van der Waals surface area contributed by atoms with Gasteiger partial charge < -0.3 is 14.3 Å². The van der Waals surface area contributed by atoms with Crippen LogP contribution in [0.25, 0.3) is 11.5 Å². The number of carbonyl (C=O) groups is 1. The zero-order valence-electron chi connectivity index (χ0n) is 14.4. The molecule has 0 aliphatic carbocycles. The minimum Gasteiger partial charge on any atom is -0.460 e. The zero-order chi connectivity index (χ0) is 18.1.